The Morgan fingerprint density at radius 2 is 2.17 bits per heavy atom. The summed E-state index contributed by atoms with van der Waals surface area (Å²) in [5.74, 6) is 1.69. The normalized spacial score (nSPS) is 13.8. The van der Waals surface area contributed by atoms with Crippen LogP contribution in [0.1, 0.15) is 34.3 Å². The second-order valence-electron chi connectivity index (χ2n) is 5.73. The molecule has 1 aliphatic heterocycles. The van der Waals surface area contributed by atoms with E-state index in [0.29, 0.717) is 18.7 Å². The number of aromatic nitrogens is 1. The number of pyridine rings is 1. The SMILES string of the molecule is NCCCCNC(=O)c1ccc2[nH]c(=O)c3c(c2c1)CCSC3. The molecule has 0 radical (unpaired) electrons. The molecule has 23 heavy (non-hydrogen) atoms. The number of nitrogens with two attached hydrogens (primary N) is 1. The van der Waals surface area contributed by atoms with Crippen molar-refractivity contribution in [2.45, 2.75) is 25.0 Å². The minimum atomic E-state index is -0.0749. The summed E-state index contributed by atoms with van der Waals surface area (Å²) in [6.07, 6.45) is 2.67. The van der Waals surface area contributed by atoms with Gasteiger partial charge >= 0.3 is 0 Å². The number of H-pyrrole nitrogens is 1. The van der Waals surface area contributed by atoms with Gasteiger partial charge in [0.1, 0.15) is 0 Å². The smallest absolute Gasteiger partial charge is 0.252 e. The zero-order valence-corrected chi connectivity index (χ0v) is 13.8. The highest BCUT2D eigenvalue weighted by atomic mass is 32.2. The first kappa shape index (κ1) is 16.1. The third kappa shape index (κ3) is 3.43. The molecule has 0 saturated carbocycles. The van der Waals surface area contributed by atoms with Crippen molar-refractivity contribution in [1.29, 1.82) is 0 Å². The summed E-state index contributed by atoms with van der Waals surface area (Å²) in [7, 11) is 0. The third-order valence-electron chi connectivity index (χ3n) is 4.15. The van der Waals surface area contributed by atoms with E-state index in [1.807, 2.05) is 12.1 Å². The number of carbonyl (C=O) groups excluding carboxylic acids is 1. The Kier molecular flexibility index (Phi) is 5.03. The van der Waals surface area contributed by atoms with Crippen molar-refractivity contribution < 1.29 is 4.79 Å². The molecule has 3 rings (SSSR count). The zero-order valence-electron chi connectivity index (χ0n) is 13.0. The van der Waals surface area contributed by atoms with Gasteiger partial charge in [-0.15, -0.1) is 0 Å². The van der Waals surface area contributed by atoms with Crippen molar-refractivity contribution in [2.75, 3.05) is 18.8 Å². The number of aromatic amines is 1. The largest absolute Gasteiger partial charge is 0.352 e. The predicted octanol–water partition coefficient (Wildman–Crippen LogP) is 1.79. The van der Waals surface area contributed by atoms with Crippen LogP contribution in [0, 0.1) is 0 Å². The molecule has 0 bridgehead atoms. The van der Waals surface area contributed by atoms with E-state index in [1.165, 1.54) is 0 Å². The standard InChI is InChI=1S/C17H21N3O2S/c18-6-1-2-7-19-16(21)11-3-4-15-13(9-11)12-5-8-23-10-14(12)17(22)20-15/h3-4,9H,1-2,5-8,10,18H2,(H,19,21)(H,20,22). The van der Waals surface area contributed by atoms with Crippen LogP contribution in [0.2, 0.25) is 0 Å². The maximum Gasteiger partial charge on any atom is 0.252 e. The molecule has 0 atom stereocenters. The van der Waals surface area contributed by atoms with E-state index in [-0.39, 0.29) is 11.5 Å². The van der Waals surface area contributed by atoms with Crippen molar-refractivity contribution in [3.63, 3.8) is 0 Å². The Morgan fingerprint density at radius 1 is 1.30 bits per heavy atom. The Hall–Kier alpha value is -1.79. The number of hydrogen-bond donors (Lipinski definition) is 3. The van der Waals surface area contributed by atoms with E-state index in [0.717, 1.165) is 52.8 Å². The van der Waals surface area contributed by atoms with E-state index in [1.54, 1.807) is 17.8 Å². The number of thioether (sulfide) groups is 1. The summed E-state index contributed by atoms with van der Waals surface area (Å²) in [6.45, 7) is 1.28. The number of fused-ring (bicyclic) bond motifs is 3. The van der Waals surface area contributed by atoms with Crippen LogP contribution in [-0.4, -0.2) is 29.7 Å². The van der Waals surface area contributed by atoms with Crippen molar-refractivity contribution in [3.8, 4) is 0 Å². The van der Waals surface area contributed by atoms with Crippen LogP contribution in [0.3, 0.4) is 0 Å². The Bertz CT molecular complexity index is 785. The molecule has 2 heterocycles. The van der Waals surface area contributed by atoms with Gasteiger partial charge in [-0.2, -0.15) is 11.8 Å². The lowest BCUT2D eigenvalue weighted by Crippen LogP contribution is -2.25. The van der Waals surface area contributed by atoms with Gasteiger partial charge in [0.2, 0.25) is 0 Å². The molecule has 1 amide bonds. The van der Waals surface area contributed by atoms with Crippen LogP contribution in [0.25, 0.3) is 10.9 Å². The second-order valence-corrected chi connectivity index (χ2v) is 6.83. The molecule has 0 saturated heterocycles. The summed E-state index contributed by atoms with van der Waals surface area (Å²) in [5.41, 5.74) is 8.85. The fourth-order valence-corrected chi connectivity index (χ4v) is 3.90. The van der Waals surface area contributed by atoms with E-state index in [2.05, 4.69) is 10.3 Å². The van der Waals surface area contributed by atoms with Gasteiger partial charge in [0, 0.05) is 34.3 Å². The molecule has 1 aromatic heterocycles. The van der Waals surface area contributed by atoms with E-state index < -0.39 is 0 Å². The van der Waals surface area contributed by atoms with Gasteiger partial charge in [-0.3, -0.25) is 9.59 Å². The molecule has 0 unspecified atom stereocenters. The molecule has 2 aromatic rings. The monoisotopic (exact) mass is 331 g/mol. The van der Waals surface area contributed by atoms with E-state index in [9.17, 15) is 9.59 Å². The van der Waals surface area contributed by atoms with Gasteiger partial charge in [-0.1, -0.05) is 0 Å². The minimum absolute atomic E-state index is 0.00122. The minimum Gasteiger partial charge on any atom is -0.352 e. The van der Waals surface area contributed by atoms with Crippen LogP contribution in [-0.2, 0) is 12.2 Å². The number of carbonyl (C=O) groups is 1. The molecule has 0 aliphatic carbocycles. The molecule has 1 aromatic carbocycles. The lowest BCUT2D eigenvalue weighted by molar-refractivity contribution is 0.0953. The van der Waals surface area contributed by atoms with Crippen molar-refractivity contribution in [2.24, 2.45) is 5.73 Å². The summed E-state index contributed by atoms with van der Waals surface area (Å²) in [6, 6.07) is 5.49. The predicted molar refractivity (Wildman–Crippen MR) is 95.1 cm³/mol. The summed E-state index contributed by atoms with van der Waals surface area (Å²) >= 11 is 1.78. The Labute approximate surface area is 139 Å². The molecule has 0 fully saturated rings. The highest BCUT2D eigenvalue weighted by Crippen LogP contribution is 2.28. The topological polar surface area (TPSA) is 88.0 Å². The number of aryl methyl sites for hydroxylation is 1. The van der Waals surface area contributed by atoms with Crippen LogP contribution >= 0.6 is 11.8 Å². The number of nitrogens with one attached hydrogen (secondary N) is 2. The molecule has 0 spiro atoms. The average molecular weight is 331 g/mol. The van der Waals surface area contributed by atoms with Crippen LogP contribution in [0.15, 0.2) is 23.0 Å². The van der Waals surface area contributed by atoms with Crippen molar-refractivity contribution in [1.82, 2.24) is 10.3 Å². The highest BCUT2D eigenvalue weighted by Gasteiger charge is 2.17. The van der Waals surface area contributed by atoms with Crippen LogP contribution in [0.5, 0.6) is 0 Å². The lowest BCUT2D eigenvalue weighted by Gasteiger charge is -2.17. The van der Waals surface area contributed by atoms with Crippen molar-refractivity contribution in [3.05, 3.63) is 45.2 Å². The van der Waals surface area contributed by atoms with Gasteiger partial charge < -0.3 is 16.0 Å². The van der Waals surface area contributed by atoms with Crippen molar-refractivity contribution >= 4 is 28.6 Å². The maximum atomic E-state index is 12.3. The number of rotatable bonds is 5. The number of hydrogen-bond acceptors (Lipinski definition) is 4. The van der Waals surface area contributed by atoms with Gasteiger partial charge in [0.05, 0.1) is 0 Å². The lowest BCUT2D eigenvalue weighted by atomic mass is 9.99. The van der Waals surface area contributed by atoms with E-state index in [4.69, 9.17) is 5.73 Å². The fourth-order valence-electron chi connectivity index (χ4n) is 2.90. The average Bonchev–Trinajstić information content (AvgIpc) is 2.58. The third-order valence-corrected chi connectivity index (χ3v) is 5.14. The second kappa shape index (κ2) is 7.19. The number of unbranched alkanes of at least 4 members (excludes halogenated alkanes) is 1. The summed E-state index contributed by atoms with van der Waals surface area (Å²) in [5, 5.41) is 3.91. The first-order valence-electron chi connectivity index (χ1n) is 7.94. The summed E-state index contributed by atoms with van der Waals surface area (Å²) in [4.78, 5) is 27.3. The van der Waals surface area contributed by atoms with Gasteiger partial charge in [-0.05, 0) is 55.3 Å². The maximum absolute atomic E-state index is 12.3. The summed E-state index contributed by atoms with van der Waals surface area (Å²) < 4.78 is 0. The number of benzene rings is 1. The quantitative estimate of drug-likeness (QED) is 0.729. The molecule has 6 heteroatoms. The molecule has 4 N–H and O–H groups in total. The zero-order chi connectivity index (χ0) is 16.2. The van der Waals surface area contributed by atoms with Crippen LogP contribution < -0.4 is 16.6 Å². The number of amides is 1. The Balaban J connectivity index is 1.90. The molecular weight excluding hydrogens is 310 g/mol. The molecule has 1 aliphatic rings. The van der Waals surface area contributed by atoms with Gasteiger partial charge in [0.15, 0.2) is 0 Å². The first-order chi connectivity index (χ1) is 11.2. The van der Waals surface area contributed by atoms with Gasteiger partial charge in [-0.25, -0.2) is 0 Å². The molecule has 122 valence electrons. The van der Waals surface area contributed by atoms with Crippen LogP contribution in [0.4, 0.5) is 0 Å². The first-order valence-corrected chi connectivity index (χ1v) is 9.10. The molecular formula is C17H21N3O2S. The highest BCUT2D eigenvalue weighted by molar-refractivity contribution is 7.98. The fraction of sp³-hybridized carbons (Fsp3) is 0.412. The molecule has 5 nitrogen and oxygen atoms in total. The Morgan fingerprint density at radius 3 is 3.00 bits per heavy atom. The van der Waals surface area contributed by atoms with E-state index >= 15 is 0 Å². The van der Waals surface area contributed by atoms with Gasteiger partial charge in [0.25, 0.3) is 11.5 Å².